The van der Waals surface area contributed by atoms with Crippen molar-refractivity contribution in [3.8, 4) is 45.8 Å². The number of nitriles is 2. The molecule has 0 aliphatic rings. The van der Waals surface area contributed by atoms with Crippen molar-refractivity contribution < 1.29 is 0 Å². The smallest absolute Gasteiger partial charge is 0.0991 e. The van der Waals surface area contributed by atoms with Gasteiger partial charge in [-0.2, -0.15) is 10.5 Å². The predicted molar refractivity (Wildman–Crippen MR) is 235 cm³/mol. The number of aromatic nitrogens is 3. The van der Waals surface area contributed by atoms with Crippen molar-refractivity contribution in [1.82, 2.24) is 13.7 Å². The molecule has 5 nitrogen and oxygen atoms in total. The fourth-order valence-electron chi connectivity index (χ4n) is 8.84. The molecule has 0 saturated heterocycles. The minimum absolute atomic E-state index is 0.646. The number of para-hydroxylation sites is 2. The van der Waals surface area contributed by atoms with Crippen molar-refractivity contribution in [1.29, 1.82) is 10.5 Å². The average molecular weight is 726 g/mol. The molecule has 5 heteroatoms. The van der Waals surface area contributed by atoms with Crippen LogP contribution >= 0.6 is 0 Å². The Morgan fingerprint density at radius 2 is 0.702 bits per heavy atom. The lowest BCUT2D eigenvalue weighted by Gasteiger charge is -2.09. The third kappa shape index (κ3) is 4.87. The first-order chi connectivity index (χ1) is 28.1. The molecule has 0 fully saturated rings. The highest BCUT2D eigenvalue weighted by Gasteiger charge is 2.17. The summed E-state index contributed by atoms with van der Waals surface area (Å²) in [7, 11) is 0. The maximum absolute atomic E-state index is 9.39. The third-order valence-corrected chi connectivity index (χ3v) is 11.5. The fourth-order valence-corrected chi connectivity index (χ4v) is 8.84. The summed E-state index contributed by atoms with van der Waals surface area (Å²) in [6.45, 7) is 4.19. The molecule has 0 saturated carbocycles. The first-order valence-corrected chi connectivity index (χ1v) is 18.9. The van der Waals surface area contributed by atoms with Crippen molar-refractivity contribution in [2.45, 2.75) is 0 Å². The molecular formula is C52H31N5. The molecule has 264 valence electrons. The second-order valence-electron chi connectivity index (χ2n) is 14.5. The molecular weight excluding hydrogens is 695 g/mol. The largest absolute Gasteiger partial charge is 0.317 e. The van der Waals surface area contributed by atoms with E-state index in [1.165, 1.54) is 32.3 Å². The molecule has 0 N–H and O–H groups in total. The SMILES string of the molecule is C=Cn1c2ccc(-c3ccc4c(c3)c3ccccc3n4-c3ccc(C#N)cc3)cc2c2cc(-c3ccc4c(c3)c3ccccc3n4-c3ccc(C#N)cc3)ccc21. The topological polar surface area (TPSA) is 62.4 Å². The maximum Gasteiger partial charge on any atom is 0.0991 e. The fraction of sp³-hybridized carbons (Fsp3) is 0. The van der Waals surface area contributed by atoms with E-state index in [9.17, 15) is 10.5 Å². The van der Waals surface area contributed by atoms with Gasteiger partial charge >= 0.3 is 0 Å². The molecule has 0 amide bonds. The molecule has 0 radical (unpaired) electrons. The minimum atomic E-state index is 0.646. The lowest BCUT2D eigenvalue weighted by atomic mass is 9.98. The molecule has 11 aromatic rings. The van der Waals surface area contributed by atoms with Crippen molar-refractivity contribution in [3.63, 3.8) is 0 Å². The molecule has 3 aromatic heterocycles. The van der Waals surface area contributed by atoms with Gasteiger partial charge in [-0.3, -0.25) is 0 Å². The first kappa shape index (κ1) is 32.3. The van der Waals surface area contributed by atoms with Gasteiger partial charge in [-0.1, -0.05) is 67.2 Å². The summed E-state index contributed by atoms with van der Waals surface area (Å²) in [6.07, 6.45) is 1.90. The summed E-state index contributed by atoms with van der Waals surface area (Å²) < 4.78 is 6.74. The Bertz CT molecular complexity index is 3310. The number of nitrogens with zero attached hydrogens (tertiary/aromatic N) is 5. The summed E-state index contributed by atoms with van der Waals surface area (Å²) in [5.74, 6) is 0. The van der Waals surface area contributed by atoms with Gasteiger partial charge in [0.1, 0.15) is 0 Å². The quantitative estimate of drug-likeness (QED) is 0.177. The summed E-state index contributed by atoms with van der Waals surface area (Å²) >= 11 is 0. The molecule has 11 rings (SSSR count). The van der Waals surface area contributed by atoms with E-state index in [0.29, 0.717) is 11.1 Å². The molecule has 0 unspecified atom stereocenters. The Labute approximate surface area is 328 Å². The van der Waals surface area contributed by atoms with Crippen molar-refractivity contribution in [2.75, 3.05) is 0 Å². The van der Waals surface area contributed by atoms with Gasteiger partial charge in [-0.05, 0) is 131 Å². The highest BCUT2D eigenvalue weighted by Crippen LogP contribution is 2.40. The first-order valence-electron chi connectivity index (χ1n) is 18.9. The van der Waals surface area contributed by atoms with Crippen LogP contribution in [0.25, 0.3) is 105 Å². The van der Waals surface area contributed by atoms with E-state index >= 15 is 0 Å². The predicted octanol–water partition coefficient (Wildman–Crippen LogP) is 13.2. The van der Waals surface area contributed by atoms with Gasteiger partial charge in [-0.15, -0.1) is 0 Å². The van der Waals surface area contributed by atoms with Gasteiger partial charge in [0.25, 0.3) is 0 Å². The Hall–Kier alpha value is -8.12. The van der Waals surface area contributed by atoms with E-state index in [1.54, 1.807) is 0 Å². The van der Waals surface area contributed by atoms with E-state index < -0.39 is 0 Å². The Balaban J connectivity index is 1.05. The van der Waals surface area contributed by atoms with Crippen LogP contribution in [0.1, 0.15) is 11.1 Å². The molecule has 8 aromatic carbocycles. The number of rotatable bonds is 5. The second-order valence-corrected chi connectivity index (χ2v) is 14.5. The molecule has 0 bridgehead atoms. The number of fused-ring (bicyclic) bond motifs is 9. The number of hydrogen-bond donors (Lipinski definition) is 0. The van der Waals surface area contributed by atoms with E-state index in [-0.39, 0.29) is 0 Å². The summed E-state index contributed by atoms with van der Waals surface area (Å²) in [6, 6.07) is 64.0. The van der Waals surface area contributed by atoms with Crippen molar-refractivity contribution in [2.24, 2.45) is 0 Å². The zero-order valence-corrected chi connectivity index (χ0v) is 30.7. The summed E-state index contributed by atoms with van der Waals surface area (Å²) in [5, 5.41) is 25.8. The van der Waals surface area contributed by atoms with Crippen LogP contribution in [0.4, 0.5) is 0 Å². The molecule has 3 heterocycles. The van der Waals surface area contributed by atoms with E-state index in [0.717, 1.165) is 66.7 Å². The van der Waals surface area contributed by atoms with Crippen LogP contribution in [0, 0.1) is 22.7 Å². The van der Waals surface area contributed by atoms with E-state index in [4.69, 9.17) is 0 Å². The zero-order chi connectivity index (χ0) is 38.2. The molecule has 0 atom stereocenters. The Morgan fingerprint density at radius 3 is 1.07 bits per heavy atom. The van der Waals surface area contributed by atoms with Gasteiger partial charge < -0.3 is 13.7 Å². The van der Waals surface area contributed by atoms with E-state index in [1.807, 2.05) is 54.7 Å². The molecule has 0 aliphatic heterocycles. The maximum atomic E-state index is 9.39. The average Bonchev–Trinajstić information content (AvgIpc) is 3.90. The van der Waals surface area contributed by atoms with E-state index in [2.05, 4.69) is 154 Å². The lowest BCUT2D eigenvalue weighted by Crippen LogP contribution is -1.93. The van der Waals surface area contributed by atoms with Crippen LogP contribution in [-0.2, 0) is 0 Å². The van der Waals surface area contributed by atoms with Crippen LogP contribution in [-0.4, -0.2) is 13.7 Å². The number of benzene rings is 8. The highest BCUT2D eigenvalue weighted by molar-refractivity contribution is 6.14. The lowest BCUT2D eigenvalue weighted by molar-refractivity contribution is 1.18. The van der Waals surface area contributed by atoms with Crippen molar-refractivity contribution in [3.05, 3.63) is 188 Å². The third-order valence-electron chi connectivity index (χ3n) is 11.5. The second kappa shape index (κ2) is 12.5. The van der Waals surface area contributed by atoms with Gasteiger partial charge in [0.15, 0.2) is 0 Å². The van der Waals surface area contributed by atoms with Crippen LogP contribution < -0.4 is 0 Å². The Morgan fingerprint density at radius 1 is 0.368 bits per heavy atom. The minimum Gasteiger partial charge on any atom is -0.317 e. The summed E-state index contributed by atoms with van der Waals surface area (Å²) in [4.78, 5) is 0. The van der Waals surface area contributed by atoms with Gasteiger partial charge in [0.05, 0.1) is 56.4 Å². The van der Waals surface area contributed by atoms with Crippen LogP contribution in [0.2, 0.25) is 0 Å². The van der Waals surface area contributed by atoms with Crippen LogP contribution in [0.3, 0.4) is 0 Å². The highest BCUT2D eigenvalue weighted by atomic mass is 15.0. The van der Waals surface area contributed by atoms with Crippen LogP contribution in [0.5, 0.6) is 0 Å². The molecule has 0 spiro atoms. The van der Waals surface area contributed by atoms with Gasteiger partial charge in [-0.25, -0.2) is 0 Å². The van der Waals surface area contributed by atoms with Crippen molar-refractivity contribution >= 4 is 71.6 Å². The normalized spacial score (nSPS) is 11.5. The monoisotopic (exact) mass is 725 g/mol. The zero-order valence-electron chi connectivity index (χ0n) is 30.7. The summed E-state index contributed by atoms with van der Waals surface area (Å²) in [5.41, 5.74) is 14.6. The molecule has 57 heavy (non-hydrogen) atoms. The van der Waals surface area contributed by atoms with Crippen LogP contribution in [0.15, 0.2) is 176 Å². The van der Waals surface area contributed by atoms with Gasteiger partial charge in [0.2, 0.25) is 0 Å². The van der Waals surface area contributed by atoms with Gasteiger partial charge in [0, 0.05) is 49.9 Å². The number of hydrogen-bond acceptors (Lipinski definition) is 2. The molecule has 0 aliphatic carbocycles. The standard InChI is InChI=1S/C52H31N5/c1-2-55-47-23-15-35(37-17-25-51-43(27-37)41-7-3-5-9-49(41)56(51)39-19-11-33(31-53)12-20-39)29-45(47)46-30-36(16-24-48(46)55)38-18-26-52-44(28-38)42-8-4-6-10-50(42)57(52)40-21-13-34(32-54)14-22-40/h2-30H,1H2. The Kier molecular flexibility index (Phi) is 7.07.